The summed E-state index contributed by atoms with van der Waals surface area (Å²) in [5, 5.41) is 0. The topological polar surface area (TPSA) is 17.1 Å². The molecule has 0 heterocycles. The Morgan fingerprint density at radius 3 is 1.85 bits per heavy atom. The summed E-state index contributed by atoms with van der Waals surface area (Å²) in [5.74, 6) is -0.279. The minimum atomic E-state index is -4.55. The van der Waals surface area contributed by atoms with Crippen molar-refractivity contribution in [3.05, 3.63) is 136 Å². The number of ketones is 1. The Labute approximate surface area is 226 Å². The van der Waals surface area contributed by atoms with E-state index >= 15 is 0 Å². The highest BCUT2D eigenvalue weighted by Gasteiger charge is 2.53. The molecule has 4 aromatic rings. The molecule has 0 saturated heterocycles. The van der Waals surface area contributed by atoms with Gasteiger partial charge in [-0.2, -0.15) is 26.3 Å². The minimum absolute atomic E-state index is 0.279. The lowest BCUT2D eigenvalue weighted by Crippen LogP contribution is -2.38. The second-order valence-electron chi connectivity index (χ2n) is 9.95. The molecule has 2 aliphatic rings. The van der Waals surface area contributed by atoms with Gasteiger partial charge in [-0.3, -0.25) is 4.79 Å². The van der Waals surface area contributed by atoms with E-state index in [1.807, 2.05) is 30.3 Å². The average molecular weight is 547 g/mol. The molecule has 1 atom stereocenters. The largest absolute Gasteiger partial charge is 0.416 e. The Morgan fingerprint density at radius 2 is 1.20 bits per heavy atom. The Balaban J connectivity index is 1.58. The Morgan fingerprint density at radius 1 is 0.600 bits per heavy atom. The number of carbonyl (C=O) groups excluding carboxylic acids is 1. The average Bonchev–Trinajstić information content (AvgIpc) is 3.19. The van der Waals surface area contributed by atoms with Crippen LogP contribution in [0.2, 0.25) is 0 Å². The summed E-state index contributed by atoms with van der Waals surface area (Å²) in [5.41, 5.74) is 2.26. The number of alkyl halides is 6. The van der Waals surface area contributed by atoms with Crippen LogP contribution >= 0.6 is 0 Å². The lowest BCUT2D eigenvalue weighted by atomic mass is 9.63. The van der Waals surface area contributed by atoms with Gasteiger partial charge in [0.25, 0.3) is 0 Å². The van der Waals surface area contributed by atoms with E-state index in [1.165, 1.54) is 24.3 Å². The van der Waals surface area contributed by atoms with E-state index < -0.39 is 28.9 Å². The van der Waals surface area contributed by atoms with Crippen LogP contribution in [-0.4, -0.2) is 5.78 Å². The molecule has 0 fully saturated rings. The van der Waals surface area contributed by atoms with Gasteiger partial charge >= 0.3 is 12.4 Å². The van der Waals surface area contributed by atoms with Gasteiger partial charge in [-0.15, -0.1) is 0 Å². The molecular weight excluding hydrogens is 526 g/mol. The van der Waals surface area contributed by atoms with Crippen LogP contribution in [-0.2, 0) is 22.6 Å². The number of halogens is 6. The number of benzene rings is 4. The maximum atomic E-state index is 14.0. The number of rotatable bonds is 2. The SMILES string of the molecule is CC1=C(c2ccccc2)C2(C(=O)C=Cc3cc(-c4ccc(C(F)(F)F)cc4)ccc32)c2ccc(C(F)(F)F)cc21. The van der Waals surface area contributed by atoms with E-state index in [4.69, 9.17) is 0 Å². The normalized spacial score (nSPS) is 18.3. The van der Waals surface area contributed by atoms with Gasteiger partial charge < -0.3 is 0 Å². The first kappa shape index (κ1) is 25.9. The highest BCUT2D eigenvalue weighted by molar-refractivity contribution is 6.23. The number of carbonyl (C=O) groups is 1. The van der Waals surface area contributed by atoms with Crippen LogP contribution in [0.3, 0.4) is 0 Å². The Hall–Kier alpha value is -4.39. The molecule has 6 rings (SSSR count). The molecule has 40 heavy (non-hydrogen) atoms. The highest BCUT2D eigenvalue weighted by atomic mass is 19.4. The van der Waals surface area contributed by atoms with Crippen molar-refractivity contribution in [3.8, 4) is 11.1 Å². The van der Waals surface area contributed by atoms with E-state index in [-0.39, 0.29) is 5.78 Å². The van der Waals surface area contributed by atoms with E-state index in [2.05, 4.69) is 0 Å². The fourth-order valence-electron chi connectivity index (χ4n) is 5.98. The van der Waals surface area contributed by atoms with Gasteiger partial charge in [0.05, 0.1) is 11.1 Å². The van der Waals surface area contributed by atoms with E-state index in [1.54, 1.807) is 31.2 Å². The van der Waals surface area contributed by atoms with Gasteiger partial charge in [0, 0.05) is 0 Å². The standard InChI is InChI=1S/C33H20F6O/c1-19-26-18-25(33(37,38)39)13-15-28(26)31(30(19)21-5-3-2-4-6-21)27-14-9-22(17-23(27)10-16-29(31)40)20-7-11-24(12-8-20)32(34,35)36/h2-18H,1H3. The van der Waals surface area contributed by atoms with Crippen LogP contribution < -0.4 is 0 Å². The third-order valence-electron chi connectivity index (χ3n) is 7.75. The van der Waals surface area contributed by atoms with Crippen LogP contribution in [0.4, 0.5) is 26.3 Å². The van der Waals surface area contributed by atoms with E-state index in [0.717, 1.165) is 24.3 Å². The maximum absolute atomic E-state index is 14.0. The zero-order chi connectivity index (χ0) is 28.4. The van der Waals surface area contributed by atoms with Gasteiger partial charge in [0.15, 0.2) is 5.78 Å². The van der Waals surface area contributed by atoms with Gasteiger partial charge in [-0.25, -0.2) is 0 Å². The van der Waals surface area contributed by atoms with Gasteiger partial charge in [-0.1, -0.05) is 66.7 Å². The molecule has 0 N–H and O–H groups in total. The summed E-state index contributed by atoms with van der Waals surface area (Å²) in [6.07, 6.45) is -5.93. The summed E-state index contributed by atoms with van der Waals surface area (Å²) in [4.78, 5) is 14.0. The zero-order valence-electron chi connectivity index (χ0n) is 21.0. The van der Waals surface area contributed by atoms with Crippen LogP contribution in [0, 0.1) is 0 Å². The first-order valence-electron chi connectivity index (χ1n) is 12.5. The molecule has 2 aliphatic carbocycles. The van der Waals surface area contributed by atoms with Gasteiger partial charge in [0.2, 0.25) is 0 Å². The molecule has 0 radical (unpaired) electrons. The van der Waals surface area contributed by atoms with Gasteiger partial charge in [0.1, 0.15) is 5.41 Å². The van der Waals surface area contributed by atoms with E-state index in [0.29, 0.717) is 50.1 Å². The minimum Gasteiger partial charge on any atom is -0.293 e. The molecule has 4 aromatic carbocycles. The molecule has 0 amide bonds. The summed E-state index contributed by atoms with van der Waals surface area (Å²) in [6, 6.07) is 22.7. The fourth-order valence-corrected chi connectivity index (χ4v) is 5.98. The van der Waals surface area contributed by atoms with Crippen molar-refractivity contribution in [2.24, 2.45) is 0 Å². The van der Waals surface area contributed by atoms with Crippen molar-refractivity contribution in [2.75, 3.05) is 0 Å². The number of fused-ring (bicyclic) bond motifs is 4. The highest BCUT2D eigenvalue weighted by Crippen LogP contribution is 2.58. The predicted molar refractivity (Wildman–Crippen MR) is 142 cm³/mol. The molecule has 0 bridgehead atoms. The van der Waals surface area contributed by atoms with Crippen LogP contribution in [0.5, 0.6) is 0 Å². The molecule has 200 valence electrons. The summed E-state index contributed by atoms with van der Waals surface area (Å²) < 4.78 is 80.3. The van der Waals surface area contributed by atoms with Crippen LogP contribution in [0.25, 0.3) is 28.3 Å². The van der Waals surface area contributed by atoms with Crippen molar-refractivity contribution < 1.29 is 31.1 Å². The lowest BCUT2D eigenvalue weighted by Gasteiger charge is -2.36. The van der Waals surface area contributed by atoms with Crippen LogP contribution in [0.1, 0.15) is 45.9 Å². The smallest absolute Gasteiger partial charge is 0.293 e. The second-order valence-corrected chi connectivity index (χ2v) is 9.95. The fraction of sp³-hybridized carbons (Fsp3) is 0.121. The first-order chi connectivity index (χ1) is 18.9. The van der Waals surface area contributed by atoms with Crippen molar-refractivity contribution in [2.45, 2.75) is 24.7 Å². The molecular formula is C33H20F6O. The van der Waals surface area contributed by atoms with Crippen molar-refractivity contribution in [1.82, 2.24) is 0 Å². The monoisotopic (exact) mass is 546 g/mol. The third-order valence-corrected chi connectivity index (χ3v) is 7.75. The molecule has 0 aliphatic heterocycles. The summed E-state index contributed by atoms with van der Waals surface area (Å²) in [6.45, 7) is 1.73. The number of allylic oxidation sites excluding steroid dienone is 3. The third kappa shape index (κ3) is 3.83. The number of hydrogen-bond donors (Lipinski definition) is 0. The Kier molecular flexibility index (Phi) is 5.70. The molecule has 0 saturated carbocycles. The Bertz CT molecular complexity index is 1720. The van der Waals surface area contributed by atoms with Crippen LogP contribution in [0.15, 0.2) is 97.1 Å². The molecule has 1 unspecified atom stereocenters. The maximum Gasteiger partial charge on any atom is 0.416 e. The quantitative estimate of drug-likeness (QED) is 0.229. The summed E-state index contributed by atoms with van der Waals surface area (Å²) >= 11 is 0. The summed E-state index contributed by atoms with van der Waals surface area (Å²) in [7, 11) is 0. The van der Waals surface area contributed by atoms with Crippen molar-refractivity contribution in [1.29, 1.82) is 0 Å². The van der Waals surface area contributed by atoms with Gasteiger partial charge in [-0.05, 0) is 93.4 Å². The molecule has 0 aromatic heterocycles. The van der Waals surface area contributed by atoms with Crippen molar-refractivity contribution >= 4 is 23.0 Å². The van der Waals surface area contributed by atoms with E-state index in [9.17, 15) is 31.1 Å². The first-order valence-corrected chi connectivity index (χ1v) is 12.5. The molecule has 1 spiro atoms. The molecule has 7 heteroatoms. The molecule has 1 nitrogen and oxygen atoms in total. The zero-order valence-corrected chi connectivity index (χ0v) is 21.0. The predicted octanol–water partition coefficient (Wildman–Crippen LogP) is 9.22. The lowest BCUT2D eigenvalue weighted by molar-refractivity contribution is -0.138. The second kappa shape index (κ2) is 8.81. The number of hydrogen-bond acceptors (Lipinski definition) is 1. The van der Waals surface area contributed by atoms with Crippen molar-refractivity contribution in [3.63, 3.8) is 0 Å².